The Labute approximate surface area is 126 Å². The number of hydrogen-bond donors (Lipinski definition) is 2. The Bertz CT molecular complexity index is 523. The summed E-state index contributed by atoms with van der Waals surface area (Å²) in [5.74, 6) is 8.88. The molecule has 0 radical (unpaired) electrons. The van der Waals surface area contributed by atoms with Gasteiger partial charge in [0.1, 0.15) is 12.2 Å². The van der Waals surface area contributed by atoms with E-state index in [1.807, 2.05) is 11.7 Å². The zero-order valence-electron chi connectivity index (χ0n) is 13.2. The molecule has 0 aromatic carbocycles. The van der Waals surface area contributed by atoms with Crippen LogP contribution in [0.2, 0.25) is 0 Å². The van der Waals surface area contributed by atoms with Gasteiger partial charge in [0.15, 0.2) is 0 Å². The fourth-order valence-corrected chi connectivity index (χ4v) is 6.35. The van der Waals surface area contributed by atoms with E-state index < -0.39 is 0 Å². The standard InChI is InChI=1S/C16H27N5/c1-15-5-11-3-12(6-15)8-16(7-11,9-15)13(20-17)4-14-18-10-19-21(14)2/h10-13,20H,3-9,17H2,1-2H3. The molecule has 3 atom stereocenters. The van der Waals surface area contributed by atoms with Crippen LogP contribution in [0.15, 0.2) is 6.33 Å². The van der Waals surface area contributed by atoms with Crippen LogP contribution in [0, 0.1) is 22.7 Å². The van der Waals surface area contributed by atoms with E-state index in [2.05, 4.69) is 22.4 Å². The minimum atomic E-state index is 0.325. The van der Waals surface area contributed by atoms with Crippen LogP contribution in [0.25, 0.3) is 0 Å². The SMILES string of the molecule is Cn1ncnc1CC(NN)C12CC3CC(CC(C)(C3)C1)C2. The Kier molecular flexibility index (Phi) is 2.95. The second-order valence-electron chi connectivity index (χ2n) is 8.36. The Hall–Kier alpha value is -0.940. The number of aromatic nitrogens is 3. The van der Waals surface area contributed by atoms with E-state index in [0.29, 0.717) is 16.9 Å². The third-order valence-corrected chi connectivity index (χ3v) is 6.53. The molecule has 0 aliphatic heterocycles. The molecule has 0 saturated heterocycles. The Balaban J connectivity index is 1.62. The van der Waals surface area contributed by atoms with Crippen LogP contribution >= 0.6 is 0 Å². The average Bonchev–Trinajstić information content (AvgIpc) is 2.78. The molecule has 0 amide bonds. The first-order chi connectivity index (χ1) is 10.0. The van der Waals surface area contributed by atoms with E-state index in [1.165, 1.54) is 38.5 Å². The van der Waals surface area contributed by atoms with Crippen molar-refractivity contribution in [3.63, 3.8) is 0 Å². The Morgan fingerprint density at radius 2 is 2.10 bits per heavy atom. The monoisotopic (exact) mass is 289 g/mol. The van der Waals surface area contributed by atoms with Gasteiger partial charge in [-0.3, -0.25) is 16.0 Å². The third kappa shape index (κ3) is 2.13. The number of aryl methyl sites for hydroxylation is 1. The number of hydrazine groups is 1. The van der Waals surface area contributed by atoms with Gasteiger partial charge in [-0.05, 0) is 61.2 Å². The van der Waals surface area contributed by atoms with Crippen molar-refractivity contribution in [3.05, 3.63) is 12.2 Å². The van der Waals surface area contributed by atoms with Crippen LogP contribution in [-0.2, 0) is 13.5 Å². The molecule has 21 heavy (non-hydrogen) atoms. The minimum absolute atomic E-state index is 0.325. The molecule has 5 nitrogen and oxygen atoms in total. The lowest BCUT2D eigenvalue weighted by Gasteiger charge is -2.63. The maximum absolute atomic E-state index is 6.00. The summed E-state index contributed by atoms with van der Waals surface area (Å²) < 4.78 is 1.88. The van der Waals surface area contributed by atoms with Crippen molar-refractivity contribution in [3.8, 4) is 0 Å². The molecule has 4 fully saturated rings. The molecule has 4 aliphatic carbocycles. The van der Waals surface area contributed by atoms with Gasteiger partial charge in [-0.1, -0.05) is 6.92 Å². The highest BCUT2D eigenvalue weighted by Crippen LogP contribution is 2.66. The summed E-state index contributed by atoms with van der Waals surface area (Å²) in [5, 5.41) is 4.20. The van der Waals surface area contributed by atoms with Crippen molar-refractivity contribution in [2.45, 2.75) is 57.9 Å². The van der Waals surface area contributed by atoms with Crippen molar-refractivity contribution in [1.82, 2.24) is 20.2 Å². The van der Waals surface area contributed by atoms with Crippen molar-refractivity contribution in [1.29, 1.82) is 0 Å². The average molecular weight is 289 g/mol. The van der Waals surface area contributed by atoms with E-state index in [0.717, 1.165) is 24.1 Å². The first-order valence-electron chi connectivity index (χ1n) is 8.31. The first-order valence-corrected chi connectivity index (χ1v) is 8.31. The zero-order valence-corrected chi connectivity index (χ0v) is 13.2. The van der Waals surface area contributed by atoms with Gasteiger partial charge in [-0.15, -0.1) is 0 Å². The van der Waals surface area contributed by atoms with Crippen molar-refractivity contribution >= 4 is 0 Å². The molecule has 3 unspecified atom stereocenters. The van der Waals surface area contributed by atoms with Crippen LogP contribution < -0.4 is 11.3 Å². The largest absolute Gasteiger partial charge is 0.271 e. The highest BCUT2D eigenvalue weighted by atomic mass is 15.3. The highest BCUT2D eigenvalue weighted by molar-refractivity contribution is 5.11. The quantitative estimate of drug-likeness (QED) is 0.655. The molecule has 1 heterocycles. The first kappa shape index (κ1) is 13.7. The van der Waals surface area contributed by atoms with Gasteiger partial charge in [-0.25, -0.2) is 4.98 Å². The predicted molar refractivity (Wildman–Crippen MR) is 81.0 cm³/mol. The summed E-state index contributed by atoms with van der Waals surface area (Å²) in [5.41, 5.74) is 4.09. The van der Waals surface area contributed by atoms with E-state index in [-0.39, 0.29) is 0 Å². The summed E-state index contributed by atoms with van der Waals surface area (Å²) in [6, 6.07) is 0.325. The lowest BCUT2D eigenvalue weighted by Crippen LogP contribution is -2.60. The highest BCUT2D eigenvalue weighted by Gasteiger charge is 2.58. The van der Waals surface area contributed by atoms with Gasteiger partial charge >= 0.3 is 0 Å². The lowest BCUT2D eigenvalue weighted by molar-refractivity contribution is -0.118. The van der Waals surface area contributed by atoms with E-state index >= 15 is 0 Å². The van der Waals surface area contributed by atoms with Gasteiger partial charge in [0.2, 0.25) is 0 Å². The topological polar surface area (TPSA) is 68.8 Å². The van der Waals surface area contributed by atoms with Crippen molar-refractivity contribution in [2.75, 3.05) is 0 Å². The third-order valence-electron chi connectivity index (χ3n) is 6.53. The smallest absolute Gasteiger partial charge is 0.138 e. The van der Waals surface area contributed by atoms with E-state index in [1.54, 1.807) is 6.33 Å². The van der Waals surface area contributed by atoms with Gasteiger partial charge in [0.05, 0.1) is 0 Å². The van der Waals surface area contributed by atoms with Crippen LogP contribution in [0.1, 0.15) is 51.3 Å². The second-order valence-corrected chi connectivity index (χ2v) is 8.36. The number of hydrogen-bond acceptors (Lipinski definition) is 4. The molecule has 116 valence electrons. The normalized spacial score (nSPS) is 42.4. The fourth-order valence-electron chi connectivity index (χ4n) is 6.35. The Morgan fingerprint density at radius 1 is 1.38 bits per heavy atom. The fraction of sp³-hybridized carbons (Fsp3) is 0.875. The molecule has 1 aromatic rings. The summed E-state index contributed by atoms with van der Waals surface area (Å²) in [6.45, 7) is 2.51. The molecule has 3 N–H and O–H groups in total. The summed E-state index contributed by atoms with van der Waals surface area (Å²) in [6.07, 6.45) is 10.9. The predicted octanol–water partition coefficient (Wildman–Crippen LogP) is 1.80. The maximum atomic E-state index is 6.00. The second kappa shape index (κ2) is 4.53. The van der Waals surface area contributed by atoms with Crippen molar-refractivity contribution < 1.29 is 0 Å². The Morgan fingerprint density at radius 3 is 2.62 bits per heavy atom. The molecular formula is C16H27N5. The van der Waals surface area contributed by atoms with Crippen LogP contribution in [0.4, 0.5) is 0 Å². The number of nitrogens with one attached hydrogen (secondary N) is 1. The summed E-state index contributed by atoms with van der Waals surface area (Å²) in [7, 11) is 1.97. The molecule has 4 bridgehead atoms. The van der Waals surface area contributed by atoms with Crippen LogP contribution in [0.5, 0.6) is 0 Å². The molecule has 4 saturated carbocycles. The summed E-state index contributed by atoms with van der Waals surface area (Å²) in [4.78, 5) is 4.40. The van der Waals surface area contributed by atoms with E-state index in [4.69, 9.17) is 5.84 Å². The van der Waals surface area contributed by atoms with Gasteiger partial charge in [0.25, 0.3) is 0 Å². The van der Waals surface area contributed by atoms with Crippen molar-refractivity contribution in [2.24, 2.45) is 35.6 Å². The van der Waals surface area contributed by atoms with Gasteiger partial charge < -0.3 is 0 Å². The summed E-state index contributed by atoms with van der Waals surface area (Å²) >= 11 is 0. The van der Waals surface area contributed by atoms with Crippen LogP contribution in [-0.4, -0.2) is 20.8 Å². The lowest BCUT2D eigenvalue weighted by atomic mass is 9.43. The molecule has 4 aliphatic rings. The van der Waals surface area contributed by atoms with Gasteiger partial charge in [0, 0.05) is 19.5 Å². The zero-order chi connectivity index (χ0) is 14.7. The minimum Gasteiger partial charge on any atom is -0.271 e. The van der Waals surface area contributed by atoms with E-state index in [9.17, 15) is 0 Å². The molecule has 1 aromatic heterocycles. The molecule has 5 rings (SSSR count). The molecular weight excluding hydrogens is 262 g/mol. The van der Waals surface area contributed by atoms with Crippen LogP contribution in [0.3, 0.4) is 0 Å². The van der Waals surface area contributed by atoms with Gasteiger partial charge in [-0.2, -0.15) is 5.10 Å². The number of rotatable bonds is 4. The molecule has 5 heteroatoms. The molecule has 0 spiro atoms. The number of nitrogens with zero attached hydrogens (tertiary/aromatic N) is 3. The maximum Gasteiger partial charge on any atom is 0.138 e. The number of nitrogens with two attached hydrogens (primary N) is 1.